The van der Waals surface area contributed by atoms with Crippen LogP contribution in [0.25, 0.3) is 0 Å². The van der Waals surface area contributed by atoms with Crippen LogP contribution in [0.15, 0.2) is 60.7 Å². The summed E-state index contributed by atoms with van der Waals surface area (Å²) in [4.78, 5) is 13.3. The van der Waals surface area contributed by atoms with E-state index in [1.165, 1.54) is 25.7 Å². The van der Waals surface area contributed by atoms with Gasteiger partial charge >= 0.3 is 0 Å². The van der Waals surface area contributed by atoms with E-state index < -0.39 is 28.1 Å². The van der Waals surface area contributed by atoms with Gasteiger partial charge in [0.05, 0.1) is 12.4 Å². The molecule has 1 atom stereocenters. The van der Waals surface area contributed by atoms with E-state index in [4.69, 9.17) is 4.18 Å². The highest BCUT2D eigenvalue weighted by molar-refractivity contribution is 7.86. The molecule has 2 aromatic carbocycles. The maximum absolute atomic E-state index is 13.3. The van der Waals surface area contributed by atoms with Crippen LogP contribution in [0.2, 0.25) is 0 Å². The van der Waals surface area contributed by atoms with Crippen molar-refractivity contribution < 1.29 is 22.5 Å². The van der Waals surface area contributed by atoms with E-state index in [0.717, 1.165) is 19.3 Å². The fraction of sp³-hybridized carbons (Fsp3) is 0.480. The van der Waals surface area contributed by atoms with Gasteiger partial charge in [0.1, 0.15) is 0 Å². The van der Waals surface area contributed by atoms with E-state index >= 15 is 0 Å². The van der Waals surface area contributed by atoms with Crippen LogP contribution in [0.3, 0.4) is 0 Å². The summed E-state index contributed by atoms with van der Waals surface area (Å²) in [7, 11) is -4.03. The lowest BCUT2D eigenvalue weighted by atomic mass is 9.86. The maximum Gasteiger partial charge on any atom is 0.268 e. The van der Waals surface area contributed by atoms with Crippen molar-refractivity contribution in [1.29, 1.82) is 0 Å². The standard InChI is InChI=1S/C25H34O5S/c1-2-3-4-5-6-7-8-15-20-31(28,29)30-25(21-26,23-18-13-10-14-19-23)24(27)22-16-11-9-12-17-22/h9-14,16-19,26H,2-8,15,20-21H2,1H3. The SMILES string of the molecule is CCCCCCCCCCS(=O)(=O)OC(CO)(C(=O)c1ccccc1)c1ccccc1. The minimum absolute atomic E-state index is 0.182. The molecule has 2 rings (SSSR count). The second-order valence-electron chi connectivity index (χ2n) is 7.87. The Morgan fingerprint density at radius 1 is 0.839 bits per heavy atom. The van der Waals surface area contributed by atoms with Crippen molar-refractivity contribution in [2.75, 3.05) is 12.4 Å². The van der Waals surface area contributed by atoms with Gasteiger partial charge in [-0.1, -0.05) is 113 Å². The van der Waals surface area contributed by atoms with E-state index in [-0.39, 0.29) is 11.3 Å². The van der Waals surface area contributed by atoms with Crippen LogP contribution in [0.5, 0.6) is 0 Å². The highest BCUT2D eigenvalue weighted by Crippen LogP contribution is 2.32. The lowest BCUT2D eigenvalue weighted by molar-refractivity contribution is 0.0156. The number of hydrogen-bond acceptors (Lipinski definition) is 5. The first-order chi connectivity index (χ1) is 14.9. The molecule has 0 amide bonds. The summed E-state index contributed by atoms with van der Waals surface area (Å²) in [5.74, 6) is -0.764. The molecular formula is C25H34O5S. The number of carbonyl (C=O) groups excluding carboxylic acids is 1. The van der Waals surface area contributed by atoms with E-state index in [1.807, 2.05) is 0 Å². The average Bonchev–Trinajstić information content (AvgIpc) is 2.80. The maximum atomic E-state index is 13.3. The molecule has 0 heterocycles. The molecule has 170 valence electrons. The van der Waals surface area contributed by atoms with Crippen molar-refractivity contribution in [3.8, 4) is 0 Å². The number of carbonyl (C=O) groups is 1. The number of ketones is 1. The molecule has 0 radical (unpaired) electrons. The second-order valence-corrected chi connectivity index (χ2v) is 9.56. The van der Waals surface area contributed by atoms with Crippen molar-refractivity contribution in [1.82, 2.24) is 0 Å². The van der Waals surface area contributed by atoms with Crippen LogP contribution in [0.1, 0.15) is 74.2 Å². The Hall–Kier alpha value is -2.02. The van der Waals surface area contributed by atoms with Crippen LogP contribution < -0.4 is 0 Å². The van der Waals surface area contributed by atoms with Crippen LogP contribution in [-0.4, -0.2) is 31.7 Å². The Morgan fingerprint density at radius 3 is 1.90 bits per heavy atom. The molecule has 0 aliphatic carbocycles. The molecule has 1 N–H and O–H groups in total. The Bertz CT molecular complexity index is 881. The monoisotopic (exact) mass is 446 g/mol. The van der Waals surface area contributed by atoms with Gasteiger partial charge in [0.15, 0.2) is 5.60 Å². The summed E-state index contributed by atoms with van der Waals surface area (Å²) in [6.45, 7) is 1.40. The molecule has 1 unspecified atom stereocenters. The molecular weight excluding hydrogens is 412 g/mol. The third kappa shape index (κ3) is 7.56. The average molecular weight is 447 g/mol. The molecule has 0 saturated heterocycles. The lowest BCUT2D eigenvalue weighted by Crippen LogP contribution is -2.44. The van der Waals surface area contributed by atoms with E-state index in [1.54, 1.807) is 60.7 Å². The molecule has 0 fully saturated rings. The Kier molecular flexibility index (Phi) is 10.4. The van der Waals surface area contributed by atoms with Gasteiger partial charge in [0, 0.05) is 5.56 Å². The van der Waals surface area contributed by atoms with E-state index in [9.17, 15) is 18.3 Å². The lowest BCUT2D eigenvalue weighted by Gasteiger charge is -2.30. The largest absolute Gasteiger partial charge is 0.392 e. The minimum Gasteiger partial charge on any atom is -0.392 e. The summed E-state index contributed by atoms with van der Waals surface area (Å²) < 4.78 is 31.1. The van der Waals surface area contributed by atoms with Gasteiger partial charge in [-0.15, -0.1) is 0 Å². The van der Waals surface area contributed by atoms with Crippen molar-refractivity contribution in [2.24, 2.45) is 0 Å². The molecule has 0 aromatic heterocycles. The Balaban J connectivity index is 2.11. The smallest absolute Gasteiger partial charge is 0.268 e. The van der Waals surface area contributed by atoms with Crippen molar-refractivity contribution in [3.63, 3.8) is 0 Å². The second kappa shape index (κ2) is 12.7. The van der Waals surface area contributed by atoms with Crippen LogP contribution in [0, 0.1) is 0 Å². The van der Waals surface area contributed by atoms with Crippen molar-refractivity contribution in [3.05, 3.63) is 71.8 Å². The van der Waals surface area contributed by atoms with Gasteiger partial charge in [-0.2, -0.15) is 8.42 Å². The first-order valence-electron chi connectivity index (χ1n) is 11.1. The summed E-state index contributed by atoms with van der Waals surface area (Å²) in [6, 6.07) is 16.7. The zero-order valence-electron chi connectivity index (χ0n) is 18.3. The van der Waals surface area contributed by atoms with Gasteiger partial charge < -0.3 is 5.11 Å². The molecule has 0 spiro atoms. The third-order valence-corrected chi connectivity index (χ3v) is 6.71. The highest BCUT2D eigenvalue weighted by Gasteiger charge is 2.45. The van der Waals surface area contributed by atoms with Crippen LogP contribution in [-0.2, 0) is 19.9 Å². The zero-order valence-corrected chi connectivity index (χ0v) is 19.1. The highest BCUT2D eigenvalue weighted by atomic mass is 32.2. The first-order valence-corrected chi connectivity index (χ1v) is 12.7. The molecule has 0 saturated carbocycles. The molecule has 0 aliphatic heterocycles. The molecule has 0 aliphatic rings. The van der Waals surface area contributed by atoms with Gasteiger partial charge in [-0.3, -0.25) is 4.79 Å². The number of Topliss-reactive ketones (excluding diaryl/α,β-unsaturated/α-hetero) is 1. The molecule has 31 heavy (non-hydrogen) atoms. The fourth-order valence-corrected chi connectivity index (χ4v) is 4.91. The van der Waals surface area contributed by atoms with Gasteiger partial charge in [0.25, 0.3) is 10.1 Å². The minimum atomic E-state index is -4.03. The van der Waals surface area contributed by atoms with Gasteiger partial charge in [-0.25, -0.2) is 4.18 Å². The topological polar surface area (TPSA) is 80.7 Å². The van der Waals surface area contributed by atoms with E-state index in [2.05, 4.69) is 6.92 Å². The predicted octanol–water partition coefficient (Wildman–Crippen LogP) is 5.24. The summed E-state index contributed by atoms with van der Waals surface area (Å²) in [5, 5.41) is 10.2. The number of aliphatic hydroxyl groups excluding tert-OH is 1. The number of rotatable bonds is 15. The van der Waals surface area contributed by atoms with E-state index in [0.29, 0.717) is 12.0 Å². The number of hydrogen-bond donors (Lipinski definition) is 1. The predicted molar refractivity (Wildman–Crippen MR) is 123 cm³/mol. The Morgan fingerprint density at radius 2 is 1.35 bits per heavy atom. The Labute approximate surface area is 186 Å². The van der Waals surface area contributed by atoms with Gasteiger partial charge in [-0.05, 0) is 12.0 Å². The summed E-state index contributed by atoms with van der Waals surface area (Å²) in [5.41, 5.74) is -1.41. The number of unbranched alkanes of at least 4 members (excludes halogenated alkanes) is 7. The number of aliphatic hydroxyl groups is 1. The summed E-state index contributed by atoms with van der Waals surface area (Å²) in [6.07, 6.45) is 8.15. The van der Waals surface area contributed by atoms with Crippen molar-refractivity contribution >= 4 is 15.9 Å². The van der Waals surface area contributed by atoms with Crippen molar-refractivity contribution in [2.45, 2.75) is 63.9 Å². The normalized spacial score (nSPS) is 13.6. The molecule has 2 aromatic rings. The molecule has 6 heteroatoms. The summed E-state index contributed by atoms with van der Waals surface area (Å²) >= 11 is 0. The third-order valence-electron chi connectivity index (χ3n) is 5.38. The number of benzene rings is 2. The molecule has 5 nitrogen and oxygen atoms in total. The quantitative estimate of drug-likeness (QED) is 0.230. The van der Waals surface area contributed by atoms with Gasteiger partial charge in [0.2, 0.25) is 5.78 Å². The zero-order chi connectivity index (χ0) is 22.6. The van der Waals surface area contributed by atoms with Crippen LogP contribution >= 0.6 is 0 Å². The first kappa shape index (κ1) is 25.2. The van der Waals surface area contributed by atoms with Crippen LogP contribution in [0.4, 0.5) is 0 Å². The molecule has 0 bridgehead atoms. The fourth-order valence-electron chi connectivity index (χ4n) is 3.61.